The van der Waals surface area contributed by atoms with Gasteiger partial charge in [0.1, 0.15) is 6.10 Å². The third-order valence-corrected chi connectivity index (χ3v) is 1.87. The first-order chi connectivity index (χ1) is 5.59. The lowest BCUT2D eigenvalue weighted by atomic mass is 10.1. The third kappa shape index (κ3) is 2.22. The van der Waals surface area contributed by atoms with Gasteiger partial charge >= 0.3 is 5.97 Å². The van der Waals surface area contributed by atoms with Crippen molar-refractivity contribution >= 4 is 11.9 Å². The van der Waals surface area contributed by atoms with Crippen LogP contribution in [0.2, 0.25) is 0 Å². The van der Waals surface area contributed by atoms with Crippen LogP contribution >= 0.6 is 0 Å². The summed E-state index contributed by atoms with van der Waals surface area (Å²) in [6.45, 7) is 0. The maximum absolute atomic E-state index is 11.1. The van der Waals surface area contributed by atoms with Gasteiger partial charge in [-0.25, -0.2) is 0 Å². The van der Waals surface area contributed by atoms with Crippen LogP contribution in [-0.2, 0) is 14.3 Å². The Balaban J connectivity index is 2.10. The molecule has 1 amide bonds. The Morgan fingerprint density at radius 1 is 1.67 bits per heavy atom. The highest BCUT2D eigenvalue weighted by atomic mass is 16.6. The van der Waals surface area contributed by atoms with E-state index in [1.54, 1.807) is 19.0 Å². The monoisotopic (exact) mass is 171 g/mol. The molecule has 0 N–H and O–H groups in total. The Hall–Kier alpha value is -1.06. The molecule has 4 heteroatoms. The molecule has 1 unspecified atom stereocenters. The molecule has 12 heavy (non-hydrogen) atoms. The highest BCUT2D eigenvalue weighted by Crippen LogP contribution is 2.18. The zero-order valence-electron chi connectivity index (χ0n) is 7.37. The van der Waals surface area contributed by atoms with Crippen molar-refractivity contribution in [3.05, 3.63) is 0 Å². The van der Waals surface area contributed by atoms with Crippen molar-refractivity contribution in [3.63, 3.8) is 0 Å². The summed E-state index contributed by atoms with van der Waals surface area (Å²) in [4.78, 5) is 23.0. The lowest BCUT2D eigenvalue weighted by molar-refractivity contribution is -0.170. The minimum absolute atomic E-state index is 0.0126. The first-order valence-corrected chi connectivity index (χ1v) is 3.99. The van der Waals surface area contributed by atoms with Crippen molar-refractivity contribution in [2.45, 2.75) is 25.4 Å². The van der Waals surface area contributed by atoms with Crippen molar-refractivity contribution in [1.82, 2.24) is 4.90 Å². The molecular weight excluding hydrogens is 158 g/mol. The van der Waals surface area contributed by atoms with Crippen LogP contribution in [0.5, 0.6) is 0 Å². The Morgan fingerprint density at radius 3 is 2.67 bits per heavy atom. The van der Waals surface area contributed by atoms with E-state index in [9.17, 15) is 9.59 Å². The van der Waals surface area contributed by atoms with E-state index in [2.05, 4.69) is 0 Å². The number of nitrogens with zero attached hydrogens (tertiary/aromatic N) is 1. The molecule has 1 atom stereocenters. The van der Waals surface area contributed by atoms with Crippen molar-refractivity contribution < 1.29 is 14.3 Å². The van der Waals surface area contributed by atoms with Gasteiger partial charge in [0.05, 0.1) is 6.42 Å². The van der Waals surface area contributed by atoms with Crippen molar-refractivity contribution in [3.8, 4) is 0 Å². The number of amides is 1. The summed E-state index contributed by atoms with van der Waals surface area (Å²) in [5, 5.41) is 0. The zero-order valence-corrected chi connectivity index (χ0v) is 7.37. The SMILES string of the molecule is CN(C)C(=O)CCC1CC(=O)O1. The fourth-order valence-corrected chi connectivity index (χ4v) is 1.03. The van der Waals surface area contributed by atoms with Gasteiger partial charge in [0.2, 0.25) is 5.91 Å². The van der Waals surface area contributed by atoms with Gasteiger partial charge in [-0.1, -0.05) is 0 Å². The van der Waals surface area contributed by atoms with Crippen LogP contribution < -0.4 is 0 Å². The van der Waals surface area contributed by atoms with Gasteiger partial charge in [0.15, 0.2) is 0 Å². The first-order valence-electron chi connectivity index (χ1n) is 3.99. The molecule has 0 bridgehead atoms. The van der Waals surface area contributed by atoms with Gasteiger partial charge in [-0.2, -0.15) is 0 Å². The predicted octanol–water partition coefficient (Wildman–Crippen LogP) is 0.170. The molecule has 0 aromatic carbocycles. The fourth-order valence-electron chi connectivity index (χ4n) is 1.03. The summed E-state index contributed by atoms with van der Waals surface area (Å²) in [6.07, 6.45) is 1.58. The van der Waals surface area contributed by atoms with Crippen LogP contribution in [0.1, 0.15) is 19.3 Å². The Labute approximate surface area is 71.5 Å². The molecule has 1 heterocycles. The van der Waals surface area contributed by atoms with Crippen LogP contribution in [0.15, 0.2) is 0 Å². The maximum atomic E-state index is 11.1. The summed E-state index contributed by atoms with van der Waals surface area (Å²) in [5.74, 6) is -0.0738. The van der Waals surface area contributed by atoms with E-state index in [0.717, 1.165) is 0 Å². The number of esters is 1. The molecule has 0 aliphatic carbocycles. The van der Waals surface area contributed by atoms with E-state index >= 15 is 0 Å². The molecule has 1 aliphatic rings. The zero-order chi connectivity index (χ0) is 9.14. The molecular formula is C8H13NO3. The molecule has 0 aromatic rings. The molecule has 0 spiro atoms. The number of rotatable bonds is 3. The molecule has 1 rings (SSSR count). The molecule has 0 aromatic heterocycles. The number of carbonyl (C=O) groups is 2. The number of carbonyl (C=O) groups excluding carboxylic acids is 2. The second-order valence-electron chi connectivity index (χ2n) is 3.14. The van der Waals surface area contributed by atoms with Crippen LogP contribution in [-0.4, -0.2) is 37.0 Å². The van der Waals surface area contributed by atoms with Crippen molar-refractivity contribution in [1.29, 1.82) is 0 Å². The molecule has 1 fully saturated rings. The van der Waals surface area contributed by atoms with Gasteiger partial charge in [-0.05, 0) is 6.42 Å². The Kier molecular flexibility index (Phi) is 2.68. The predicted molar refractivity (Wildman–Crippen MR) is 42.4 cm³/mol. The largest absolute Gasteiger partial charge is 0.462 e. The van der Waals surface area contributed by atoms with Crippen LogP contribution in [0.3, 0.4) is 0 Å². The lowest BCUT2D eigenvalue weighted by Crippen LogP contribution is -2.34. The van der Waals surface area contributed by atoms with Gasteiger partial charge in [-0.3, -0.25) is 9.59 Å². The Bertz CT molecular complexity index is 192. The van der Waals surface area contributed by atoms with Crippen LogP contribution in [0.4, 0.5) is 0 Å². The van der Waals surface area contributed by atoms with E-state index < -0.39 is 0 Å². The topological polar surface area (TPSA) is 46.6 Å². The average molecular weight is 171 g/mol. The molecule has 1 saturated heterocycles. The second kappa shape index (κ2) is 3.56. The third-order valence-electron chi connectivity index (χ3n) is 1.87. The van der Waals surface area contributed by atoms with E-state index in [4.69, 9.17) is 4.74 Å². The van der Waals surface area contributed by atoms with Crippen LogP contribution in [0.25, 0.3) is 0 Å². The summed E-state index contributed by atoms with van der Waals surface area (Å²) in [7, 11) is 3.43. The summed E-state index contributed by atoms with van der Waals surface area (Å²) < 4.78 is 4.76. The number of hydrogen-bond acceptors (Lipinski definition) is 3. The minimum atomic E-state index is -0.155. The standard InChI is InChI=1S/C8H13NO3/c1-9(2)7(10)4-3-6-5-8(11)12-6/h6H,3-5H2,1-2H3. The lowest BCUT2D eigenvalue weighted by Gasteiger charge is -2.25. The van der Waals surface area contributed by atoms with Crippen LogP contribution in [0, 0.1) is 0 Å². The van der Waals surface area contributed by atoms with Crippen molar-refractivity contribution in [2.24, 2.45) is 0 Å². The highest BCUT2D eigenvalue weighted by molar-refractivity contribution is 5.77. The smallest absolute Gasteiger partial charge is 0.309 e. The summed E-state index contributed by atoms with van der Waals surface area (Å²) in [5.41, 5.74) is 0. The Morgan fingerprint density at radius 2 is 2.25 bits per heavy atom. The average Bonchev–Trinajstić information content (AvgIpc) is 1.95. The van der Waals surface area contributed by atoms with Crippen molar-refractivity contribution in [2.75, 3.05) is 14.1 Å². The first kappa shape index (κ1) is 9.03. The molecule has 0 saturated carbocycles. The summed E-state index contributed by atoms with van der Waals surface area (Å²) in [6, 6.07) is 0. The quantitative estimate of drug-likeness (QED) is 0.569. The van der Waals surface area contributed by atoms with Gasteiger partial charge < -0.3 is 9.64 Å². The summed E-state index contributed by atoms with van der Waals surface area (Å²) >= 11 is 0. The van der Waals surface area contributed by atoms with E-state index in [0.29, 0.717) is 19.3 Å². The number of cyclic esters (lactones) is 1. The molecule has 68 valence electrons. The minimum Gasteiger partial charge on any atom is -0.462 e. The van der Waals surface area contributed by atoms with E-state index in [1.807, 2.05) is 0 Å². The maximum Gasteiger partial charge on any atom is 0.309 e. The molecule has 1 aliphatic heterocycles. The van der Waals surface area contributed by atoms with Gasteiger partial charge in [-0.15, -0.1) is 0 Å². The molecule has 0 radical (unpaired) electrons. The van der Waals surface area contributed by atoms with Gasteiger partial charge in [0.25, 0.3) is 0 Å². The van der Waals surface area contributed by atoms with E-state index in [-0.39, 0.29) is 18.0 Å². The number of ether oxygens (including phenoxy) is 1. The second-order valence-corrected chi connectivity index (χ2v) is 3.14. The van der Waals surface area contributed by atoms with E-state index in [1.165, 1.54) is 0 Å². The normalized spacial score (nSPS) is 21.2. The molecule has 4 nitrogen and oxygen atoms in total. The fraction of sp³-hybridized carbons (Fsp3) is 0.750. The highest BCUT2D eigenvalue weighted by Gasteiger charge is 2.28. The van der Waals surface area contributed by atoms with Gasteiger partial charge in [0, 0.05) is 20.5 Å². The number of hydrogen-bond donors (Lipinski definition) is 0.